The highest BCUT2D eigenvalue weighted by Crippen LogP contribution is 2.34. The molecule has 1 aromatic heterocycles. The summed E-state index contributed by atoms with van der Waals surface area (Å²) < 4.78 is 44.6. The van der Waals surface area contributed by atoms with Crippen LogP contribution < -0.4 is 15.4 Å². The SMILES string of the molecule is CN=C(NCCc1ncc(C)s1)NCc1ccc(OC)cc1C(F)(F)F.I. The van der Waals surface area contributed by atoms with Gasteiger partial charge in [0.1, 0.15) is 5.75 Å². The van der Waals surface area contributed by atoms with Crippen molar-refractivity contribution in [1.29, 1.82) is 0 Å². The van der Waals surface area contributed by atoms with Gasteiger partial charge >= 0.3 is 6.18 Å². The lowest BCUT2D eigenvalue weighted by Gasteiger charge is -2.16. The van der Waals surface area contributed by atoms with Crippen LogP contribution in [0.3, 0.4) is 0 Å². The molecular weight excluding hydrogens is 492 g/mol. The second kappa shape index (κ2) is 10.7. The molecule has 2 rings (SSSR count). The van der Waals surface area contributed by atoms with Crippen LogP contribution in [0, 0.1) is 6.92 Å². The molecule has 0 aliphatic rings. The summed E-state index contributed by atoms with van der Waals surface area (Å²) in [5.74, 6) is 0.601. The van der Waals surface area contributed by atoms with E-state index in [1.807, 2.05) is 13.1 Å². The number of alkyl halides is 3. The Kier molecular flexibility index (Phi) is 9.30. The third kappa shape index (κ3) is 7.17. The minimum absolute atomic E-state index is 0. The maximum Gasteiger partial charge on any atom is 0.416 e. The van der Waals surface area contributed by atoms with E-state index in [4.69, 9.17) is 4.74 Å². The molecule has 0 saturated carbocycles. The zero-order chi connectivity index (χ0) is 19.2. The standard InChI is InChI=1S/C17H21F3N4OS.HI/c1-11-9-23-15(26-11)6-7-22-16(21-2)24-10-12-4-5-13(25-3)8-14(12)17(18,19)20;/h4-5,8-9H,6-7,10H2,1-3H3,(H2,21,22,24);1H. The lowest BCUT2D eigenvalue weighted by atomic mass is 10.1. The van der Waals surface area contributed by atoms with Crippen molar-refractivity contribution in [3.8, 4) is 5.75 Å². The van der Waals surface area contributed by atoms with Crippen LogP contribution in [0.15, 0.2) is 29.4 Å². The van der Waals surface area contributed by atoms with E-state index in [9.17, 15) is 13.2 Å². The number of nitrogens with zero attached hydrogens (tertiary/aromatic N) is 2. The fourth-order valence-corrected chi connectivity index (χ4v) is 3.09. The lowest BCUT2D eigenvalue weighted by molar-refractivity contribution is -0.138. The number of benzene rings is 1. The first-order chi connectivity index (χ1) is 12.3. The molecule has 0 unspecified atom stereocenters. The molecule has 0 atom stereocenters. The van der Waals surface area contributed by atoms with Gasteiger partial charge in [0.15, 0.2) is 5.96 Å². The molecule has 0 bridgehead atoms. The van der Waals surface area contributed by atoms with Crippen molar-refractivity contribution < 1.29 is 17.9 Å². The number of aliphatic imine (C=N–C) groups is 1. The maximum atomic E-state index is 13.2. The van der Waals surface area contributed by atoms with E-state index in [-0.39, 0.29) is 41.8 Å². The molecule has 0 saturated heterocycles. The Balaban J connectivity index is 0.00000364. The molecule has 27 heavy (non-hydrogen) atoms. The van der Waals surface area contributed by atoms with Gasteiger partial charge in [0.2, 0.25) is 0 Å². The van der Waals surface area contributed by atoms with Crippen LogP contribution in [0.25, 0.3) is 0 Å². The summed E-state index contributed by atoms with van der Waals surface area (Å²) in [6.45, 7) is 2.57. The minimum atomic E-state index is -4.45. The zero-order valence-electron chi connectivity index (χ0n) is 15.2. The summed E-state index contributed by atoms with van der Waals surface area (Å²) in [6.07, 6.45) is -1.92. The van der Waals surface area contributed by atoms with E-state index < -0.39 is 11.7 Å². The molecule has 1 heterocycles. The first kappa shape index (κ1) is 23.5. The van der Waals surface area contributed by atoms with Crippen molar-refractivity contribution in [2.45, 2.75) is 26.1 Å². The van der Waals surface area contributed by atoms with E-state index in [0.29, 0.717) is 12.5 Å². The van der Waals surface area contributed by atoms with Gasteiger partial charge in [-0.25, -0.2) is 4.98 Å². The number of aromatic nitrogens is 1. The quantitative estimate of drug-likeness (QED) is 0.348. The lowest BCUT2D eigenvalue weighted by Crippen LogP contribution is -2.38. The number of thiazole rings is 1. The molecule has 0 spiro atoms. The number of hydrogen-bond acceptors (Lipinski definition) is 4. The maximum absolute atomic E-state index is 13.2. The monoisotopic (exact) mass is 514 g/mol. The molecular formula is C17H22F3IN4OS. The van der Waals surface area contributed by atoms with Gasteiger partial charge in [-0.1, -0.05) is 6.07 Å². The van der Waals surface area contributed by atoms with Crippen LogP contribution in [0.4, 0.5) is 13.2 Å². The summed E-state index contributed by atoms with van der Waals surface area (Å²) in [4.78, 5) is 9.45. The minimum Gasteiger partial charge on any atom is -0.497 e. The third-order valence-electron chi connectivity index (χ3n) is 3.59. The topological polar surface area (TPSA) is 58.5 Å². The van der Waals surface area contributed by atoms with Crippen molar-refractivity contribution in [1.82, 2.24) is 15.6 Å². The summed E-state index contributed by atoms with van der Waals surface area (Å²) >= 11 is 1.62. The summed E-state index contributed by atoms with van der Waals surface area (Å²) in [6, 6.07) is 3.91. The smallest absolute Gasteiger partial charge is 0.416 e. The molecule has 0 aliphatic carbocycles. The average molecular weight is 514 g/mol. The first-order valence-corrected chi connectivity index (χ1v) is 8.75. The van der Waals surface area contributed by atoms with Crippen molar-refractivity contribution >= 4 is 41.3 Å². The molecule has 0 radical (unpaired) electrons. The van der Waals surface area contributed by atoms with Crippen LogP contribution in [0.5, 0.6) is 5.75 Å². The predicted molar refractivity (Wildman–Crippen MR) is 112 cm³/mol. The number of hydrogen-bond donors (Lipinski definition) is 2. The van der Waals surface area contributed by atoms with Gasteiger partial charge in [0.25, 0.3) is 0 Å². The van der Waals surface area contributed by atoms with Gasteiger partial charge in [0, 0.05) is 37.6 Å². The molecule has 0 aliphatic heterocycles. The Morgan fingerprint density at radius 2 is 2.04 bits per heavy atom. The second-order valence-electron chi connectivity index (χ2n) is 5.49. The number of methoxy groups -OCH3 is 1. The molecule has 1 aromatic carbocycles. The summed E-state index contributed by atoms with van der Waals surface area (Å²) in [7, 11) is 2.91. The number of halogens is 4. The Hall–Kier alpha value is -1.56. The molecule has 2 aromatic rings. The average Bonchev–Trinajstić information content (AvgIpc) is 3.02. The Labute approximate surface area is 177 Å². The molecule has 0 fully saturated rings. The Morgan fingerprint density at radius 1 is 1.30 bits per heavy atom. The number of nitrogens with one attached hydrogen (secondary N) is 2. The zero-order valence-corrected chi connectivity index (χ0v) is 18.3. The van der Waals surface area contributed by atoms with Crippen molar-refractivity contribution in [3.05, 3.63) is 45.4 Å². The Bertz CT molecular complexity index is 765. The van der Waals surface area contributed by atoms with Gasteiger partial charge in [-0.05, 0) is 24.6 Å². The highest BCUT2D eigenvalue weighted by molar-refractivity contribution is 14.0. The summed E-state index contributed by atoms with van der Waals surface area (Å²) in [5.41, 5.74) is -0.602. The normalized spacial score (nSPS) is 11.7. The van der Waals surface area contributed by atoms with E-state index in [0.717, 1.165) is 22.4 Å². The van der Waals surface area contributed by atoms with Gasteiger partial charge in [0.05, 0.1) is 17.7 Å². The molecule has 10 heteroatoms. The summed E-state index contributed by atoms with van der Waals surface area (Å²) in [5, 5.41) is 6.99. The van der Waals surface area contributed by atoms with E-state index in [1.54, 1.807) is 18.4 Å². The third-order valence-corrected chi connectivity index (χ3v) is 4.57. The van der Waals surface area contributed by atoms with Crippen LogP contribution in [0.2, 0.25) is 0 Å². The highest BCUT2D eigenvalue weighted by Gasteiger charge is 2.33. The van der Waals surface area contributed by atoms with Crippen LogP contribution in [0.1, 0.15) is 21.0 Å². The molecule has 150 valence electrons. The van der Waals surface area contributed by atoms with Gasteiger partial charge in [-0.15, -0.1) is 35.3 Å². The highest BCUT2D eigenvalue weighted by atomic mass is 127. The van der Waals surface area contributed by atoms with Crippen molar-refractivity contribution in [3.63, 3.8) is 0 Å². The fourth-order valence-electron chi connectivity index (χ4n) is 2.30. The van der Waals surface area contributed by atoms with Crippen molar-refractivity contribution in [2.75, 3.05) is 20.7 Å². The van der Waals surface area contributed by atoms with Crippen LogP contribution in [-0.4, -0.2) is 31.6 Å². The number of rotatable bonds is 6. The van der Waals surface area contributed by atoms with Crippen LogP contribution in [-0.2, 0) is 19.1 Å². The number of ether oxygens (including phenoxy) is 1. The molecule has 2 N–H and O–H groups in total. The van der Waals surface area contributed by atoms with E-state index >= 15 is 0 Å². The fraction of sp³-hybridized carbons (Fsp3) is 0.412. The molecule has 0 amide bonds. The van der Waals surface area contributed by atoms with E-state index in [2.05, 4.69) is 20.6 Å². The second-order valence-corrected chi connectivity index (χ2v) is 6.81. The largest absolute Gasteiger partial charge is 0.497 e. The first-order valence-electron chi connectivity index (χ1n) is 7.93. The van der Waals surface area contributed by atoms with Gasteiger partial charge < -0.3 is 15.4 Å². The van der Waals surface area contributed by atoms with E-state index in [1.165, 1.54) is 19.2 Å². The number of aryl methyl sites for hydroxylation is 1. The van der Waals surface area contributed by atoms with Crippen molar-refractivity contribution in [2.24, 2.45) is 4.99 Å². The van der Waals surface area contributed by atoms with Gasteiger partial charge in [-0.2, -0.15) is 13.2 Å². The van der Waals surface area contributed by atoms with Crippen LogP contribution >= 0.6 is 35.3 Å². The Morgan fingerprint density at radius 3 is 2.59 bits per heavy atom. The predicted octanol–water partition coefficient (Wildman–Crippen LogP) is 4.00. The van der Waals surface area contributed by atoms with Gasteiger partial charge in [-0.3, -0.25) is 4.99 Å². The molecule has 5 nitrogen and oxygen atoms in total. The number of guanidine groups is 1.